The number of aryl methyl sites for hydroxylation is 6. The van der Waals surface area contributed by atoms with Crippen LogP contribution in [-0.2, 0) is 13.1 Å². The van der Waals surface area contributed by atoms with E-state index in [0.717, 1.165) is 78.3 Å². The molecule has 0 aliphatic heterocycles. The van der Waals surface area contributed by atoms with Crippen LogP contribution in [-0.4, -0.2) is 16.4 Å². The van der Waals surface area contributed by atoms with Gasteiger partial charge in [-0.05, 0) is 75.2 Å². The third kappa shape index (κ3) is 8.09. The fourth-order valence-electron chi connectivity index (χ4n) is 6.14. The average molecular weight is 699 g/mol. The Labute approximate surface area is 293 Å². The van der Waals surface area contributed by atoms with Crippen molar-refractivity contribution >= 4 is 53.8 Å². The summed E-state index contributed by atoms with van der Waals surface area (Å²) in [6.45, 7) is 12.8. The van der Waals surface area contributed by atoms with Gasteiger partial charge >= 0.3 is 33.3 Å². The summed E-state index contributed by atoms with van der Waals surface area (Å²) in [5.41, 5.74) is 14.4. The van der Waals surface area contributed by atoms with Crippen LogP contribution in [0.25, 0.3) is 10.8 Å². The molecule has 6 heteroatoms. The molecule has 1 heterocycles. The molecule has 0 unspecified atom stereocenters. The number of hydrogen-bond acceptors (Lipinski definition) is 3. The number of nitrogens with zero attached hydrogens (tertiary/aromatic N) is 3. The Bertz CT molecular complexity index is 2040. The molecule has 0 aliphatic rings. The topological polar surface area (TPSA) is 37.6 Å². The van der Waals surface area contributed by atoms with E-state index in [0.29, 0.717) is 0 Å². The van der Waals surface area contributed by atoms with Gasteiger partial charge < -0.3 is 0 Å². The summed E-state index contributed by atoms with van der Waals surface area (Å²) in [7, 11) is 9.53. The molecule has 0 fully saturated rings. The van der Waals surface area contributed by atoms with Crippen LogP contribution >= 0.6 is 20.2 Å². The van der Waals surface area contributed by atoms with Crippen LogP contribution in [0.2, 0.25) is 0 Å². The summed E-state index contributed by atoms with van der Waals surface area (Å²) in [6, 6.07) is 40.2. The van der Waals surface area contributed by atoms with E-state index in [1.165, 1.54) is 11.1 Å². The molecule has 0 saturated carbocycles. The zero-order chi connectivity index (χ0) is 33.5. The van der Waals surface area contributed by atoms with Crippen molar-refractivity contribution in [1.82, 2.24) is 4.98 Å². The Morgan fingerprint density at radius 1 is 0.532 bits per heavy atom. The van der Waals surface area contributed by atoms with E-state index in [2.05, 4.69) is 145 Å². The molecule has 0 bridgehead atoms. The zero-order valence-electron chi connectivity index (χ0n) is 27.4. The van der Waals surface area contributed by atoms with E-state index < -0.39 is 0 Å². The molecule has 238 valence electrons. The molecule has 1 aromatic heterocycles. The number of pyridine rings is 1. The first-order valence-electron chi connectivity index (χ1n) is 15.4. The number of aliphatic imine (C=N–C) groups is 2. The Balaban J connectivity index is 0.00000139. The summed E-state index contributed by atoms with van der Waals surface area (Å²) >= 11 is 0.194. The number of halogens is 2. The molecule has 6 aromatic rings. The predicted octanol–water partition coefficient (Wildman–Crippen LogP) is 11.8. The molecule has 0 amide bonds. The molecular formula is C41H37Cl2FeN3. The fraction of sp³-hybridized carbons (Fsp3) is 0.146. The SMILES string of the molecule is Cc1cc(C)c(N=C(c2ccccc2)c2cc3ccccc3c(C(=Nc3c(C)cc(C)cc3C)c3ccccc3)n2)c(C)c1.[Cl][Fe][Cl]. The Kier molecular flexibility index (Phi) is 11.4. The number of fused-ring (bicyclic) bond motifs is 1. The Hall–Kier alpha value is -4.05. The summed E-state index contributed by atoms with van der Waals surface area (Å²) in [6.07, 6.45) is 0. The van der Waals surface area contributed by atoms with Crippen molar-refractivity contribution in [2.75, 3.05) is 0 Å². The summed E-state index contributed by atoms with van der Waals surface area (Å²) < 4.78 is 0. The predicted molar refractivity (Wildman–Crippen MR) is 198 cm³/mol. The molecule has 0 aliphatic carbocycles. The van der Waals surface area contributed by atoms with Crippen molar-refractivity contribution in [2.24, 2.45) is 9.98 Å². The third-order valence-corrected chi connectivity index (χ3v) is 8.02. The molecule has 0 radical (unpaired) electrons. The normalized spacial score (nSPS) is 11.8. The fourth-order valence-corrected chi connectivity index (χ4v) is 6.14. The van der Waals surface area contributed by atoms with Crippen molar-refractivity contribution in [2.45, 2.75) is 41.5 Å². The molecule has 0 saturated heterocycles. The van der Waals surface area contributed by atoms with Crippen molar-refractivity contribution in [3.8, 4) is 0 Å². The second-order valence-electron chi connectivity index (χ2n) is 11.8. The van der Waals surface area contributed by atoms with E-state index in [-0.39, 0.29) is 13.1 Å². The molecular weight excluding hydrogens is 661 g/mol. The number of hydrogen-bond donors (Lipinski definition) is 0. The Morgan fingerprint density at radius 3 is 1.43 bits per heavy atom. The first-order chi connectivity index (χ1) is 22.7. The van der Waals surface area contributed by atoms with Crippen LogP contribution in [0.1, 0.15) is 55.9 Å². The second-order valence-corrected chi connectivity index (χ2v) is 13.6. The summed E-state index contributed by atoms with van der Waals surface area (Å²) in [5.74, 6) is 0. The van der Waals surface area contributed by atoms with Gasteiger partial charge in [-0.25, -0.2) is 15.0 Å². The van der Waals surface area contributed by atoms with Gasteiger partial charge in [-0.2, -0.15) is 0 Å². The number of benzene rings is 5. The molecule has 3 nitrogen and oxygen atoms in total. The standard InChI is InChI=1S/C41H37N3.2ClH.Fe/c1-26-21-28(3)37(29(4)22-26)43-39(32-15-9-7-10-16-32)36-25-34-19-13-14-20-35(34)41(42-36)40(33-17-11-8-12-18-33)44-38-30(5)23-27(2)24-31(38)6;;;/h7-25H,1-6H3;2*1H;/q;;;+2/p-2. The van der Waals surface area contributed by atoms with Crippen molar-refractivity contribution in [3.05, 3.63) is 171 Å². The van der Waals surface area contributed by atoms with Gasteiger partial charge in [-0.3, -0.25) is 0 Å². The van der Waals surface area contributed by atoms with Crippen LogP contribution < -0.4 is 0 Å². The van der Waals surface area contributed by atoms with Gasteiger partial charge in [-0.15, -0.1) is 0 Å². The van der Waals surface area contributed by atoms with Gasteiger partial charge in [0.15, 0.2) is 0 Å². The van der Waals surface area contributed by atoms with E-state index >= 15 is 0 Å². The van der Waals surface area contributed by atoms with E-state index in [9.17, 15) is 0 Å². The van der Waals surface area contributed by atoms with E-state index in [1.54, 1.807) is 0 Å². The second kappa shape index (κ2) is 15.7. The van der Waals surface area contributed by atoms with Crippen LogP contribution in [0, 0.1) is 41.5 Å². The first kappa shape index (κ1) is 34.3. The first-order valence-corrected chi connectivity index (χ1v) is 18.4. The van der Waals surface area contributed by atoms with Crippen molar-refractivity contribution < 1.29 is 13.1 Å². The van der Waals surface area contributed by atoms with Crippen molar-refractivity contribution in [1.29, 1.82) is 0 Å². The number of rotatable bonds is 6. The quantitative estimate of drug-likeness (QED) is 0.126. The molecule has 0 atom stereocenters. The van der Waals surface area contributed by atoms with Gasteiger partial charge in [0.05, 0.1) is 34.2 Å². The summed E-state index contributed by atoms with van der Waals surface area (Å²) in [4.78, 5) is 16.2. The maximum absolute atomic E-state index is 5.44. The molecule has 0 N–H and O–H groups in total. The zero-order valence-corrected chi connectivity index (χ0v) is 30.0. The van der Waals surface area contributed by atoms with Crippen LogP contribution in [0.3, 0.4) is 0 Å². The van der Waals surface area contributed by atoms with Crippen molar-refractivity contribution in [3.63, 3.8) is 0 Å². The van der Waals surface area contributed by atoms with Crippen LogP contribution in [0.5, 0.6) is 0 Å². The molecule has 0 spiro atoms. The maximum atomic E-state index is 5.44. The van der Waals surface area contributed by atoms with E-state index in [4.69, 9.17) is 35.2 Å². The van der Waals surface area contributed by atoms with Gasteiger partial charge in [0.1, 0.15) is 0 Å². The Morgan fingerprint density at radius 2 is 0.936 bits per heavy atom. The molecule has 5 aromatic carbocycles. The number of aromatic nitrogens is 1. The van der Waals surface area contributed by atoms with E-state index in [1.807, 2.05) is 12.1 Å². The summed E-state index contributed by atoms with van der Waals surface area (Å²) in [5, 5.41) is 2.14. The van der Waals surface area contributed by atoms with Gasteiger partial charge in [0.2, 0.25) is 0 Å². The van der Waals surface area contributed by atoms with Gasteiger partial charge in [-0.1, -0.05) is 120 Å². The third-order valence-electron chi connectivity index (χ3n) is 8.02. The van der Waals surface area contributed by atoms with Crippen LogP contribution in [0.15, 0.2) is 125 Å². The minimum atomic E-state index is 0.194. The van der Waals surface area contributed by atoms with Crippen LogP contribution in [0.4, 0.5) is 11.4 Å². The monoisotopic (exact) mass is 697 g/mol. The average Bonchev–Trinajstić information content (AvgIpc) is 3.05. The van der Waals surface area contributed by atoms with Gasteiger partial charge in [0.25, 0.3) is 0 Å². The minimum absolute atomic E-state index is 0.194. The molecule has 6 rings (SSSR count). The van der Waals surface area contributed by atoms with Gasteiger partial charge in [0, 0.05) is 16.5 Å². The molecule has 47 heavy (non-hydrogen) atoms.